The molecule has 3 rings (SSSR count). The Morgan fingerprint density at radius 2 is 2.06 bits per heavy atom. The first-order valence-corrected chi connectivity index (χ1v) is 6.18. The first-order valence-electron chi connectivity index (χ1n) is 6.18. The molecule has 92 valence electrons. The predicted molar refractivity (Wildman–Crippen MR) is 59.0 cm³/mol. The van der Waals surface area contributed by atoms with Crippen LogP contribution in [-0.2, 0) is 9.78 Å². The lowest BCUT2D eigenvalue weighted by Gasteiger charge is -2.13. The fourth-order valence-corrected chi connectivity index (χ4v) is 2.28. The van der Waals surface area contributed by atoms with Crippen molar-refractivity contribution >= 4 is 6.09 Å². The zero-order valence-corrected chi connectivity index (χ0v) is 9.62. The summed E-state index contributed by atoms with van der Waals surface area (Å²) in [4.78, 5) is 21.2. The molecule has 1 aromatic heterocycles. The summed E-state index contributed by atoms with van der Waals surface area (Å²) in [5.41, 5.74) is 0. The van der Waals surface area contributed by atoms with Gasteiger partial charge < -0.3 is 0 Å². The Morgan fingerprint density at radius 3 is 2.59 bits per heavy atom. The number of carbonyl (C=O) groups is 1. The van der Waals surface area contributed by atoms with E-state index in [1.54, 1.807) is 6.07 Å². The molecule has 1 aromatic rings. The van der Waals surface area contributed by atoms with Crippen LogP contribution in [0.15, 0.2) is 18.5 Å². The number of carbonyl (C=O) groups excluding carboxylic acids is 1. The molecule has 1 heterocycles. The molecular weight excluding hydrogens is 220 g/mol. The topological polar surface area (TPSA) is 53.4 Å². The second kappa shape index (κ2) is 4.49. The van der Waals surface area contributed by atoms with Crippen LogP contribution in [0.2, 0.25) is 0 Å². The van der Waals surface area contributed by atoms with E-state index >= 15 is 0 Å². The van der Waals surface area contributed by atoms with Crippen molar-refractivity contribution < 1.29 is 14.6 Å². The number of nitrogens with zero attached hydrogens (tertiary/aromatic N) is 2. The van der Waals surface area contributed by atoms with Gasteiger partial charge in [0.15, 0.2) is 0 Å². The van der Waals surface area contributed by atoms with Crippen LogP contribution in [0.3, 0.4) is 0 Å². The van der Waals surface area contributed by atoms with Crippen molar-refractivity contribution in [3.63, 3.8) is 0 Å². The average Bonchev–Trinajstić information content (AvgIpc) is 3.25. The van der Waals surface area contributed by atoms with Crippen LogP contribution in [0, 0.1) is 17.8 Å². The van der Waals surface area contributed by atoms with E-state index < -0.39 is 6.09 Å². The average molecular weight is 236 g/mol. The smallest absolute Gasteiger partial charge is 0.274 e. The highest BCUT2D eigenvalue weighted by molar-refractivity contribution is 5.68. The molecule has 0 aliphatic heterocycles. The molecule has 0 atom stereocenters. The number of hydrogen-bond donors (Lipinski definition) is 0. The quantitative estimate of drug-likeness (QED) is 0.581. The Morgan fingerprint density at radius 1 is 1.35 bits per heavy atom. The number of hydrogen-bond acceptors (Lipinski definition) is 4. The first-order chi connectivity index (χ1) is 8.34. The Labute approximate surface area is 99.6 Å². The van der Waals surface area contributed by atoms with Crippen LogP contribution in [0.25, 0.3) is 0 Å². The van der Waals surface area contributed by atoms with Crippen molar-refractivity contribution in [1.82, 2.24) is 9.78 Å². The van der Waals surface area contributed by atoms with Crippen molar-refractivity contribution in [3.8, 4) is 0 Å². The largest absolute Gasteiger partial charge is 0.465 e. The summed E-state index contributed by atoms with van der Waals surface area (Å²) >= 11 is 0. The van der Waals surface area contributed by atoms with Gasteiger partial charge in [0.1, 0.15) is 0 Å². The molecule has 0 bridgehead atoms. The summed E-state index contributed by atoms with van der Waals surface area (Å²) in [5.74, 6) is 2.18. The molecule has 0 unspecified atom stereocenters. The van der Waals surface area contributed by atoms with E-state index in [4.69, 9.17) is 9.78 Å². The van der Waals surface area contributed by atoms with Crippen molar-refractivity contribution in [2.24, 2.45) is 17.8 Å². The van der Waals surface area contributed by atoms with E-state index in [0.29, 0.717) is 12.5 Å². The summed E-state index contributed by atoms with van der Waals surface area (Å²) in [6.07, 6.45) is 7.69. The lowest BCUT2D eigenvalue weighted by Crippen LogP contribution is -2.19. The van der Waals surface area contributed by atoms with Crippen molar-refractivity contribution in [3.05, 3.63) is 18.5 Å². The van der Waals surface area contributed by atoms with Gasteiger partial charge in [-0.2, -0.15) is 14.7 Å². The zero-order chi connectivity index (χ0) is 11.7. The normalized spacial score (nSPS) is 19.6. The molecule has 0 aromatic carbocycles. The van der Waals surface area contributed by atoms with Crippen LogP contribution in [-0.4, -0.2) is 22.5 Å². The van der Waals surface area contributed by atoms with E-state index in [0.717, 1.165) is 16.5 Å². The molecule has 2 fully saturated rings. The van der Waals surface area contributed by atoms with E-state index in [1.165, 1.54) is 38.1 Å². The number of aromatic nitrogens is 2. The lowest BCUT2D eigenvalue weighted by molar-refractivity contribution is -0.249. The molecule has 5 nitrogen and oxygen atoms in total. The van der Waals surface area contributed by atoms with Gasteiger partial charge in [0.05, 0.1) is 6.61 Å². The maximum absolute atomic E-state index is 11.4. The van der Waals surface area contributed by atoms with Gasteiger partial charge in [-0.1, -0.05) is 0 Å². The minimum absolute atomic E-state index is 0.530. The zero-order valence-electron chi connectivity index (χ0n) is 9.62. The van der Waals surface area contributed by atoms with Crippen LogP contribution < -0.4 is 0 Å². The van der Waals surface area contributed by atoms with E-state index in [9.17, 15) is 4.79 Å². The SMILES string of the molecule is O=C(OOCC(C1CC1)C1CC1)n1cccn1. The van der Waals surface area contributed by atoms with Crippen LogP contribution in [0.4, 0.5) is 4.79 Å². The number of rotatable bonds is 5. The highest BCUT2D eigenvalue weighted by Crippen LogP contribution is 2.49. The van der Waals surface area contributed by atoms with Gasteiger partial charge in [0.25, 0.3) is 0 Å². The third kappa shape index (κ3) is 2.66. The molecule has 5 heteroatoms. The summed E-state index contributed by atoms with van der Waals surface area (Å²) in [6, 6.07) is 1.67. The molecule has 0 radical (unpaired) electrons. The Balaban J connectivity index is 1.43. The second-order valence-electron chi connectivity index (χ2n) is 4.92. The summed E-state index contributed by atoms with van der Waals surface area (Å²) in [5, 5.41) is 3.77. The Kier molecular flexibility index (Phi) is 2.84. The molecule has 2 aliphatic rings. The molecule has 2 aliphatic carbocycles. The fourth-order valence-electron chi connectivity index (χ4n) is 2.28. The standard InChI is InChI=1S/C12H16N2O3/c15-12(14-7-1-6-13-14)17-16-8-11(9-2-3-9)10-4-5-10/h1,6-7,9-11H,2-5,8H2. The molecule has 0 saturated heterocycles. The van der Waals surface area contributed by atoms with Gasteiger partial charge in [0.2, 0.25) is 0 Å². The van der Waals surface area contributed by atoms with Gasteiger partial charge in [0, 0.05) is 12.4 Å². The minimum Gasteiger partial charge on any atom is -0.274 e. The third-order valence-electron chi connectivity index (χ3n) is 3.54. The Bertz CT molecular complexity index is 370. The maximum atomic E-state index is 11.4. The molecular formula is C12H16N2O3. The molecule has 17 heavy (non-hydrogen) atoms. The fraction of sp³-hybridized carbons (Fsp3) is 0.667. The summed E-state index contributed by atoms with van der Waals surface area (Å²) < 4.78 is 1.11. The van der Waals surface area contributed by atoms with Crippen LogP contribution in [0.1, 0.15) is 25.7 Å². The lowest BCUT2D eigenvalue weighted by atomic mass is 9.99. The van der Waals surface area contributed by atoms with Gasteiger partial charge in [-0.05, 0) is 49.5 Å². The van der Waals surface area contributed by atoms with Crippen LogP contribution >= 0.6 is 0 Å². The molecule has 2 saturated carbocycles. The summed E-state index contributed by atoms with van der Waals surface area (Å²) in [6.45, 7) is 0.530. The molecule has 0 spiro atoms. The highest BCUT2D eigenvalue weighted by atomic mass is 17.2. The van der Waals surface area contributed by atoms with E-state index in [2.05, 4.69) is 5.10 Å². The van der Waals surface area contributed by atoms with Crippen molar-refractivity contribution in [1.29, 1.82) is 0 Å². The monoisotopic (exact) mass is 236 g/mol. The molecule has 0 amide bonds. The van der Waals surface area contributed by atoms with E-state index in [-0.39, 0.29) is 0 Å². The van der Waals surface area contributed by atoms with Gasteiger partial charge >= 0.3 is 6.09 Å². The minimum atomic E-state index is -0.583. The second-order valence-corrected chi connectivity index (χ2v) is 4.92. The highest BCUT2D eigenvalue weighted by Gasteiger charge is 2.41. The van der Waals surface area contributed by atoms with Crippen LogP contribution in [0.5, 0.6) is 0 Å². The van der Waals surface area contributed by atoms with Crippen molar-refractivity contribution in [2.45, 2.75) is 25.7 Å². The summed E-state index contributed by atoms with van der Waals surface area (Å²) in [7, 11) is 0. The predicted octanol–water partition coefficient (Wildman–Crippen LogP) is 2.24. The van der Waals surface area contributed by atoms with Gasteiger partial charge in [-0.25, -0.2) is 4.79 Å². The van der Waals surface area contributed by atoms with Gasteiger partial charge in [-0.15, -0.1) is 0 Å². The first kappa shape index (κ1) is 10.8. The maximum Gasteiger partial charge on any atom is 0.465 e. The third-order valence-corrected chi connectivity index (χ3v) is 3.54. The van der Waals surface area contributed by atoms with Gasteiger partial charge in [-0.3, -0.25) is 4.89 Å². The van der Waals surface area contributed by atoms with E-state index in [1.807, 2.05) is 0 Å². The molecule has 0 N–H and O–H groups in total. The Hall–Kier alpha value is -1.36. The van der Waals surface area contributed by atoms with Crippen molar-refractivity contribution in [2.75, 3.05) is 6.61 Å².